The maximum atomic E-state index is 13.0. The summed E-state index contributed by atoms with van der Waals surface area (Å²) >= 11 is 1.64. The fraction of sp³-hybridized carbons (Fsp3) is 0.400. The highest BCUT2D eigenvalue weighted by molar-refractivity contribution is 7.09. The van der Waals surface area contributed by atoms with Crippen molar-refractivity contribution >= 4 is 11.3 Å². The summed E-state index contributed by atoms with van der Waals surface area (Å²) in [5, 5.41) is 3.55. The first-order chi connectivity index (χ1) is 8.97. The highest BCUT2D eigenvalue weighted by Gasteiger charge is 2.25. The van der Waals surface area contributed by atoms with Crippen molar-refractivity contribution in [2.24, 2.45) is 5.41 Å². The lowest BCUT2D eigenvalue weighted by Crippen LogP contribution is -2.31. The van der Waals surface area contributed by atoms with Gasteiger partial charge in [-0.25, -0.2) is 4.39 Å². The minimum Gasteiger partial charge on any atom is -0.305 e. The number of hydrogen-bond donors (Lipinski definition) is 1. The van der Waals surface area contributed by atoms with Crippen molar-refractivity contribution < 1.29 is 4.39 Å². The largest absolute Gasteiger partial charge is 0.305 e. The normalized spacial score (nSPS) is 13.5. The molecule has 1 unspecified atom stereocenters. The second-order valence-electron chi connectivity index (χ2n) is 5.70. The number of benzene rings is 1. The zero-order valence-corrected chi connectivity index (χ0v) is 12.3. The maximum absolute atomic E-state index is 13.0. The number of nitrogens with zero attached hydrogens (tertiary/aromatic N) is 1. The number of aromatic nitrogens is 1. The van der Waals surface area contributed by atoms with E-state index in [1.54, 1.807) is 11.3 Å². The first-order valence-corrected chi connectivity index (χ1v) is 7.21. The Kier molecular flexibility index (Phi) is 4.32. The van der Waals surface area contributed by atoms with Gasteiger partial charge in [0.05, 0.1) is 5.51 Å². The monoisotopic (exact) mass is 278 g/mol. The van der Waals surface area contributed by atoms with Crippen LogP contribution in [0.5, 0.6) is 0 Å². The Bertz CT molecular complexity index is 500. The van der Waals surface area contributed by atoms with Gasteiger partial charge in [-0.2, -0.15) is 0 Å². The zero-order valence-electron chi connectivity index (χ0n) is 11.5. The second-order valence-corrected chi connectivity index (χ2v) is 6.67. The molecule has 0 bridgehead atoms. The van der Waals surface area contributed by atoms with Gasteiger partial charge in [-0.05, 0) is 23.1 Å². The van der Waals surface area contributed by atoms with E-state index in [9.17, 15) is 4.39 Å². The predicted octanol–water partition coefficient (Wildman–Crippen LogP) is 4.16. The van der Waals surface area contributed by atoms with Gasteiger partial charge < -0.3 is 5.32 Å². The highest BCUT2D eigenvalue weighted by Crippen LogP contribution is 2.33. The van der Waals surface area contributed by atoms with Crippen molar-refractivity contribution in [1.82, 2.24) is 10.3 Å². The SMILES string of the molecule is CC(C)(C)C(NCc1cncs1)c1ccc(F)cc1. The molecule has 0 radical (unpaired) electrons. The molecule has 1 atom stereocenters. The molecule has 2 rings (SSSR count). The Hall–Kier alpha value is -1.26. The molecule has 0 saturated carbocycles. The van der Waals surface area contributed by atoms with Gasteiger partial charge in [0.2, 0.25) is 0 Å². The minimum atomic E-state index is -0.195. The number of halogens is 1. The van der Waals surface area contributed by atoms with E-state index in [1.807, 2.05) is 23.8 Å². The van der Waals surface area contributed by atoms with Gasteiger partial charge >= 0.3 is 0 Å². The average Bonchev–Trinajstić information content (AvgIpc) is 2.83. The molecule has 0 saturated heterocycles. The van der Waals surface area contributed by atoms with Gasteiger partial charge in [0, 0.05) is 23.7 Å². The van der Waals surface area contributed by atoms with Gasteiger partial charge in [-0.1, -0.05) is 32.9 Å². The molecule has 2 nitrogen and oxygen atoms in total. The van der Waals surface area contributed by atoms with Crippen LogP contribution in [0.1, 0.15) is 37.3 Å². The van der Waals surface area contributed by atoms with Crippen LogP contribution in [-0.4, -0.2) is 4.98 Å². The van der Waals surface area contributed by atoms with Crippen molar-refractivity contribution in [3.8, 4) is 0 Å². The van der Waals surface area contributed by atoms with Gasteiger partial charge in [0.25, 0.3) is 0 Å². The van der Waals surface area contributed by atoms with Gasteiger partial charge in [0.1, 0.15) is 5.82 Å². The van der Waals surface area contributed by atoms with Crippen LogP contribution in [-0.2, 0) is 6.54 Å². The molecule has 0 aliphatic carbocycles. The third-order valence-electron chi connectivity index (χ3n) is 3.03. The van der Waals surface area contributed by atoms with Crippen molar-refractivity contribution in [3.63, 3.8) is 0 Å². The van der Waals surface area contributed by atoms with Crippen LogP contribution in [0, 0.1) is 11.2 Å². The summed E-state index contributed by atoms with van der Waals surface area (Å²) in [4.78, 5) is 5.28. The summed E-state index contributed by atoms with van der Waals surface area (Å²) in [7, 11) is 0. The quantitative estimate of drug-likeness (QED) is 0.908. The molecule has 2 aromatic rings. The van der Waals surface area contributed by atoms with E-state index in [0.717, 1.165) is 12.1 Å². The number of thiazole rings is 1. The Morgan fingerprint density at radius 3 is 2.47 bits per heavy atom. The van der Waals surface area contributed by atoms with Gasteiger partial charge in [0.15, 0.2) is 0 Å². The lowest BCUT2D eigenvalue weighted by Gasteiger charge is -2.32. The first-order valence-electron chi connectivity index (χ1n) is 6.33. The highest BCUT2D eigenvalue weighted by atomic mass is 32.1. The molecule has 0 spiro atoms. The Morgan fingerprint density at radius 2 is 1.95 bits per heavy atom. The standard InChI is InChI=1S/C15H19FN2S/c1-15(2,3)14(11-4-6-12(16)7-5-11)18-9-13-8-17-10-19-13/h4-8,10,14,18H,9H2,1-3H3. The van der Waals surface area contributed by atoms with Crippen molar-refractivity contribution in [3.05, 3.63) is 52.2 Å². The topological polar surface area (TPSA) is 24.9 Å². The Labute approximate surface area is 117 Å². The summed E-state index contributed by atoms with van der Waals surface area (Å²) in [5.41, 5.74) is 3.00. The molecule has 1 aromatic carbocycles. The predicted molar refractivity (Wildman–Crippen MR) is 77.5 cm³/mol. The summed E-state index contributed by atoms with van der Waals surface area (Å²) in [6, 6.07) is 6.91. The third-order valence-corrected chi connectivity index (χ3v) is 3.81. The third kappa shape index (κ3) is 3.85. The van der Waals surface area contributed by atoms with Crippen molar-refractivity contribution in [2.45, 2.75) is 33.4 Å². The smallest absolute Gasteiger partial charge is 0.123 e. The van der Waals surface area contributed by atoms with E-state index in [0.29, 0.717) is 0 Å². The Morgan fingerprint density at radius 1 is 1.26 bits per heavy atom. The molecule has 1 heterocycles. The summed E-state index contributed by atoms with van der Waals surface area (Å²) in [5.74, 6) is -0.195. The van der Waals surface area contributed by atoms with Gasteiger partial charge in [-0.15, -0.1) is 11.3 Å². The lowest BCUT2D eigenvalue weighted by atomic mass is 9.82. The molecule has 102 valence electrons. The molecular weight excluding hydrogens is 259 g/mol. The van der Waals surface area contributed by atoms with Crippen LogP contribution >= 0.6 is 11.3 Å². The van der Waals surface area contributed by atoms with E-state index in [1.165, 1.54) is 17.0 Å². The first kappa shape index (κ1) is 14.2. The maximum Gasteiger partial charge on any atom is 0.123 e. The summed E-state index contributed by atoms with van der Waals surface area (Å²) < 4.78 is 13.0. The van der Waals surface area contributed by atoms with Crippen molar-refractivity contribution in [2.75, 3.05) is 0 Å². The van der Waals surface area contributed by atoms with Crippen LogP contribution in [0.15, 0.2) is 36.0 Å². The van der Waals surface area contributed by atoms with Crippen molar-refractivity contribution in [1.29, 1.82) is 0 Å². The molecule has 1 aromatic heterocycles. The molecule has 0 fully saturated rings. The van der Waals surface area contributed by atoms with Crippen LogP contribution in [0.3, 0.4) is 0 Å². The minimum absolute atomic E-state index is 0.0581. The van der Waals surface area contributed by atoms with Crippen LogP contribution in [0.25, 0.3) is 0 Å². The molecule has 19 heavy (non-hydrogen) atoms. The van der Waals surface area contributed by atoms with E-state index in [-0.39, 0.29) is 17.3 Å². The molecule has 4 heteroatoms. The molecule has 0 aliphatic rings. The molecule has 0 aliphatic heterocycles. The Balaban J connectivity index is 2.14. The van der Waals surface area contributed by atoms with E-state index in [4.69, 9.17) is 0 Å². The fourth-order valence-electron chi connectivity index (χ4n) is 2.11. The lowest BCUT2D eigenvalue weighted by molar-refractivity contribution is 0.271. The number of hydrogen-bond acceptors (Lipinski definition) is 3. The van der Waals surface area contributed by atoms with Crippen LogP contribution < -0.4 is 5.32 Å². The molecule has 0 amide bonds. The average molecular weight is 278 g/mol. The van der Waals surface area contributed by atoms with Gasteiger partial charge in [-0.3, -0.25) is 4.98 Å². The zero-order chi connectivity index (χ0) is 13.9. The summed E-state index contributed by atoms with van der Waals surface area (Å²) in [6.45, 7) is 7.33. The van der Waals surface area contributed by atoms with Crippen LogP contribution in [0.2, 0.25) is 0 Å². The van der Waals surface area contributed by atoms with E-state index >= 15 is 0 Å². The summed E-state index contributed by atoms with van der Waals surface area (Å²) in [6.07, 6.45) is 1.88. The fourth-order valence-corrected chi connectivity index (χ4v) is 2.66. The second kappa shape index (κ2) is 5.80. The molecular formula is C15H19FN2S. The van der Waals surface area contributed by atoms with Crippen LogP contribution in [0.4, 0.5) is 4.39 Å². The molecule has 1 N–H and O–H groups in total. The number of rotatable bonds is 4. The van der Waals surface area contributed by atoms with E-state index in [2.05, 4.69) is 31.1 Å². The van der Waals surface area contributed by atoms with E-state index < -0.39 is 0 Å². The number of nitrogens with one attached hydrogen (secondary N) is 1.